The molecule has 2 aromatic rings. The van der Waals surface area contributed by atoms with Gasteiger partial charge in [-0.1, -0.05) is 25.5 Å². The highest BCUT2D eigenvalue weighted by molar-refractivity contribution is 6.53. The minimum Gasteiger partial charge on any atom is -0.461 e. The van der Waals surface area contributed by atoms with Crippen LogP contribution in [0.1, 0.15) is 44.3 Å². The van der Waals surface area contributed by atoms with Crippen molar-refractivity contribution in [3.8, 4) is 0 Å². The molecule has 0 radical (unpaired) electrons. The first-order valence-electron chi connectivity index (χ1n) is 11.6. The summed E-state index contributed by atoms with van der Waals surface area (Å²) >= 11 is 0. The Kier molecular flexibility index (Phi) is 5.86. The Morgan fingerprint density at radius 3 is 2.63 bits per heavy atom. The topological polar surface area (TPSA) is 143 Å². The molecule has 5 rings (SSSR count). The highest BCUT2D eigenvalue weighted by atomic mass is 16.6. The number of nitro groups is 1. The van der Waals surface area contributed by atoms with E-state index in [2.05, 4.69) is 0 Å². The molecule has 182 valence electrons. The maximum Gasteiger partial charge on any atom is 0.487 e. The molecule has 11 heteroatoms. The summed E-state index contributed by atoms with van der Waals surface area (Å²) in [7, 11) is -1.27. The molecule has 2 amide bonds. The number of amides is 2. The van der Waals surface area contributed by atoms with Crippen LogP contribution in [0.5, 0.6) is 0 Å². The second kappa shape index (κ2) is 8.74. The number of non-ortho nitro benzene ring substituents is 1. The molecule has 0 saturated carbocycles. The number of allylic oxidation sites excluding steroid dienone is 2. The fraction of sp³-hybridized carbons (Fsp3) is 0.417. The first-order valence-corrected chi connectivity index (χ1v) is 11.6. The molecule has 2 saturated heterocycles. The molecule has 4 atom stereocenters. The van der Waals surface area contributed by atoms with Crippen molar-refractivity contribution in [3.05, 3.63) is 69.1 Å². The third kappa shape index (κ3) is 3.80. The minimum absolute atomic E-state index is 0.0163. The normalized spacial score (nSPS) is 26.4. The fourth-order valence-electron chi connectivity index (χ4n) is 5.74. The summed E-state index contributed by atoms with van der Waals surface area (Å²) in [6.45, 7) is 3.66. The molecule has 3 heterocycles. The zero-order chi connectivity index (χ0) is 25.0. The molecular weight excluding hydrogens is 455 g/mol. The van der Waals surface area contributed by atoms with E-state index in [0.717, 1.165) is 10.5 Å². The number of aliphatic hydroxyl groups is 1. The third-order valence-electron chi connectivity index (χ3n) is 7.30. The Balaban J connectivity index is 1.55. The van der Waals surface area contributed by atoms with E-state index in [-0.39, 0.29) is 23.9 Å². The summed E-state index contributed by atoms with van der Waals surface area (Å²) in [6, 6.07) is 8.78. The van der Waals surface area contributed by atoms with E-state index in [4.69, 9.17) is 9.07 Å². The number of furan rings is 1. The maximum atomic E-state index is 13.7. The van der Waals surface area contributed by atoms with E-state index in [1.54, 1.807) is 12.1 Å². The number of carbonyl (C=O) groups is 2. The molecule has 1 aromatic heterocycles. The molecule has 1 aliphatic carbocycles. The molecule has 0 spiro atoms. The second-order valence-corrected chi connectivity index (χ2v) is 9.54. The van der Waals surface area contributed by atoms with Gasteiger partial charge in [0, 0.05) is 12.1 Å². The summed E-state index contributed by atoms with van der Waals surface area (Å²) < 4.78 is 11.5. The van der Waals surface area contributed by atoms with Crippen LogP contribution in [-0.4, -0.2) is 34.0 Å². The molecule has 0 unspecified atom stereocenters. The quantitative estimate of drug-likeness (QED) is 0.288. The van der Waals surface area contributed by atoms with Crippen LogP contribution in [0.15, 0.2) is 51.9 Å². The minimum atomic E-state index is -1.27. The molecule has 3 aliphatic rings. The number of hydrogen-bond acceptors (Lipinski definition) is 8. The first-order chi connectivity index (χ1) is 16.7. The van der Waals surface area contributed by atoms with Crippen LogP contribution < -0.4 is 4.90 Å². The first kappa shape index (κ1) is 23.5. The number of hydrogen-bond donors (Lipinski definition) is 2. The zero-order valence-corrected chi connectivity index (χ0v) is 19.3. The van der Waals surface area contributed by atoms with Crippen LogP contribution in [0.25, 0.3) is 0 Å². The zero-order valence-electron chi connectivity index (χ0n) is 19.3. The van der Waals surface area contributed by atoms with Gasteiger partial charge in [-0.3, -0.25) is 19.7 Å². The number of imide groups is 1. The van der Waals surface area contributed by atoms with Gasteiger partial charge in [-0.2, -0.15) is 0 Å². The number of nitro benzene ring substituents is 1. The van der Waals surface area contributed by atoms with Crippen molar-refractivity contribution in [2.75, 3.05) is 4.90 Å². The average Bonchev–Trinajstić information content (AvgIpc) is 3.41. The number of fused-ring (bicyclic) bond motifs is 3. The van der Waals surface area contributed by atoms with Crippen molar-refractivity contribution in [2.24, 2.45) is 23.7 Å². The van der Waals surface area contributed by atoms with Gasteiger partial charge in [-0.15, -0.1) is 0 Å². The highest BCUT2D eigenvalue weighted by Gasteiger charge is 2.58. The highest BCUT2D eigenvalue weighted by Crippen LogP contribution is 2.53. The number of rotatable bonds is 5. The van der Waals surface area contributed by atoms with Gasteiger partial charge >= 0.3 is 7.12 Å². The summed E-state index contributed by atoms with van der Waals surface area (Å²) in [5.74, 6) is -1.87. The van der Waals surface area contributed by atoms with Crippen LogP contribution >= 0.6 is 0 Å². The molecule has 0 bridgehead atoms. The molecule has 35 heavy (non-hydrogen) atoms. The second-order valence-electron chi connectivity index (χ2n) is 9.54. The van der Waals surface area contributed by atoms with E-state index in [1.165, 1.54) is 24.3 Å². The lowest BCUT2D eigenvalue weighted by atomic mass is 9.54. The molecule has 1 aromatic carbocycles. The molecular formula is C24H25BN2O8. The van der Waals surface area contributed by atoms with Gasteiger partial charge in [0.05, 0.1) is 22.4 Å². The summed E-state index contributed by atoms with van der Waals surface area (Å²) in [5.41, 5.74) is 1.48. The smallest absolute Gasteiger partial charge is 0.461 e. The predicted octanol–water partition coefficient (Wildman–Crippen LogP) is 2.94. The van der Waals surface area contributed by atoms with Gasteiger partial charge in [0.25, 0.3) is 5.69 Å². The van der Waals surface area contributed by atoms with Crippen LogP contribution in [-0.2, 0) is 20.9 Å². The van der Waals surface area contributed by atoms with Crippen molar-refractivity contribution in [1.29, 1.82) is 0 Å². The Labute approximate surface area is 201 Å². The number of nitrogens with zero attached hydrogens (tertiary/aromatic N) is 2. The van der Waals surface area contributed by atoms with Gasteiger partial charge in [-0.25, -0.2) is 4.90 Å². The Hall–Kier alpha value is -3.28. The molecule has 2 fully saturated rings. The average molecular weight is 480 g/mol. The molecule has 10 nitrogen and oxygen atoms in total. The Morgan fingerprint density at radius 2 is 1.97 bits per heavy atom. The van der Waals surface area contributed by atoms with Crippen molar-refractivity contribution < 1.29 is 33.7 Å². The summed E-state index contributed by atoms with van der Waals surface area (Å²) in [6.07, 6.45) is -0.0461. The van der Waals surface area contributed by atoms with E-state index in [9.17, 15) is 29.8 Å². The van der Waals surface area contributed by atoms with Crippen molar-refractivity contribution in [1.82, 2.24) is 0 Å². The monoisotopic (exact) mass is 480 g/mol. The van der Waals surface area contributed by atoms with Gasteiger partial charge in [0.1, 0.15) is 24.2 Å². The standard InChI is InChI=1S/C24H25BN2O8/c1-12(2)16-9-18-21(24(30)26(23(18)29)13-4-3-5-14(8-13)27(32)33)17-10-20(35-25(31)22(16)17)19-7-6-15(11-28)34-19/h3-8,12,17-18,20-21,28,31H,9-11H2,1-2H3/t17-,18-,20-,21+/m0/s1. The maximum absolute atomic E-state index is 13.7. The van der Waals surface area contributed by atoms with E-state index >= 15 is 0 Å². The van der Waals surface area contributed by atoms with Crippen LogP contribution in [0.4, 0.5) is 11.4 Å². The van der Waals surface area contributed by atoms with Crippen molar-refractivity contribution in [2.45, 2.75) is 39.4 Å². The molecule has 2 aliphatic heterocycles. The lowest BCUT2D eigenvalue weighted by molar-refractivity contribution is -0.384. The van der Waals surface area contributed by atoms with Crippen LogP contribution in [0, 0.1) is 33.8 Å². The van der Waals surface area contributed by atoms with Gasteiger partial charge < -0.3 is 19.2 Å². The lowest BCUT2D eigenvalue weighted by Gasteiger charge is -2.42. The number of benzene rings is 1. The lowest BCUT2D eigenvalue weighted by Crippen LogP contribution is -2.45. The van der Waals surface area contributed by atoms with Gasteiger partial charge in [0.2, 0.25) is 11.8 Å². The fourth-order valence-corrected chi connectivity index (χ4v) is 5.74. The SMILES string of the molecule is CC(C)C1=C2B(O)O[C@H](c3ccc(CO)o3)C[C@H]2[C@H]2C(=O)N(c3cccc([N+](=O)[O-])c3)C(=O)[C@H]2C1. The predicted molar refractivity (Wildman–Crippen MR) is 124 cm³/mol. The van der Waals surface area contributed by atoms with E-state index in [0.29, 0.717) is 29.8 Å². The third-order valence-corrected chi connectivity index (χ3v) is 7.30. The van der Waals surface area contributed by atoms with Crippen LogP contribution in [0.3, 0.4) is 0 Å². The van der Waals surface area contributed by atoms with Gasteiger partial charge in [0.15, 0.2) is 0 Å². The van der Waals surface area contributed by atoms with E-state index in [1.807, 2.05) is 13.8 Å². The van der Waals surface area contributed by atoms with Gasteiger partial charge in [-0.05, 0) is 48.3 Å². The molecule has 2 N–H and O–H groups in total. The van der Waals surface area contributed by atoms with Crippen molar-refractivity contribution in [3.63, 3.8) is 0 Å². The Bertz CT molecular complexity index is 1240. The summed E-state index contributed by atoms with van der Waals surface area (Å²) in [4.78, 5) is 39.0. The number of aliphatic hydroxyl groups excluding tert-OH is 1. The largest absolute Gasteiger partial charge is 0.487 e. The summed E-state index contributed by atoms with van der Waals surface area (Å²) in [5, 5.41) is 31.6. The Morgan fingerprint density at radius 1 is 1.20 bits per heavy atom. The van der Waals surface area contributed by atoms with Crippen molar-refractivity contribution >= 4 is 30.3 Å². The van der Waals surface area contributed by atoms with E-state index < -0.39 is 47.7 Å². The number of carbonyl (C=O) groups excluding carboxylic acids is 2. The van der Waals surface area contributed by atoms with Crippen LogP contribution in [0.2, 0.25) is 0 Å². The number of anilines is 1.